The van der Waals surface area contributed by atoms with E-state index in [0.717, 1.165) is 19.3 Å². The number of hydrogen-bond acceptors (Lipinski definition) is 3. The van der Waals surface area contributed by atoms with Crippen LogP contribution in [0.5, 0.6) is 5.75 Å². The number of methoxy groups -OCH3 is 2. The lowest BCUT2D eigenvalue weighted by Crippen LogP contribution is -2.15. The first kappa shape index (κ1) is 23.0. The molecule has 0 spiro atoms. The largest absolute Gasteiger partial charge is 0.508 e. The van der Waals surface area contributed by atoms with Crippen molar-refractivity contribution in [2.24, 2.45) is 5.92 Å². The van der Waals surface area contributed by atoms with Crippen LogP contribution in [0.15, 0.2) is 24.3 Å². The quantitative estimate of drug-likeness (QED) is 0.269. The first-order valence-corrected chi connectivity index (χ1v) is 10.5. The highest BCUT2D eigenvalue weighted by Gasteiger charge is 2.13. The van der Waals surface area contributed by atoms with E-state index in [9.17, 15) is 5.11 Å². The zero-order valence-corrected chi connectivity index (χ0v) is 17.2. The third-order valence-electron chi connectivity index (χ3n) is 5.33. The van der Waals surface area contributed by atoms with Gasteiger partial charge in [0.25, 0.3) is 0 Å². The van der Waals surface area contributed by atoms with Crippen LogP contribution in [-0.4, -0.2) is 25.6 Å². The minimum absolute atomic E-state index is 0.0831. The van der Waals surface area contributed by atoms with Gasteiger partial charge in [0, 0.05) is 14.2 Å². The summed E-state index contributed by atoms with van der Waals surface area (Å²) in [6.45, 7) is 2.27. The van der Waals surface area contributed by atoms with E-state index in [4.69, 9.17) is 9.47 Å². The second-order valence-electron chi connectivity index (χ2n) is 7.46. The van der Waals surface area contributed by atoms with Crippen LogP contribution in [-0.2, 0) is 15.9 Å². The molecule has 0 aromatic heterocycles. The van der Waals surface area contributed by atoms with E-state index < -0.39 is 0 Å². The molecular formula is C23H40O3. The van der Waals surface area contributed by atoms with Gasteiger partial charge in [0.05, 0.1) is 0 Å². The van der Waals surface area contributed by atoms with Crippen molar-refractivity contribution in [3.63, 3.8) is 0 Å². The molecule has 26 heavy (non-hydrogen) atoms. The topological polar surface area (TPSA) is 38.7 Å². The lowest BCUT2D eigenvalue weighted by molar-refractivity contribution is -0.108. The fourth-order valence-electron chi connectivity index (χ4n) is 3.56. The van der Waals surface area contributed by atoms with Gasteiger partial charge in [0.2, 0.25) is 0 Å². The summed E-state index contributed by atoms with van der Waals surface area (Å²) in [7, 11) is 3.44. The predicted octanol–water partition coefficient (Wildman–Crippen LogP) is 6.48. The molecule has 1 rings (SSSR count). The molecule has 0 amide bonds. The molecule has 3 heteroatoms. The molecule has 3 nitrogen and oxygen atoms in total. The molecule has 0 aliphatic carbocycles. The Balaban J connectivity index is 2.35. The van der Waals surface area contributed by atoms with Crippen LogP contribution in [0.3, 0.4) is 0 Å². The Morgan fingerprint density at radius 3 is 2.00 bits per heavy atom. The molecule has 0 radical (unpaired) electrons. The van der Waals surface area contributed by atoms with Crippen LogP contribution in [0.2, 0.25) is 0 Å². The molecule has 0 saturated heterocycles. The Kier molecular flexibility index (Phi) is 13.3. The molecule has 0 aliphatic rings. The zero-order chi connectivity index (χ0) is 19.0. The molecule has 1 atom stereocenters. The number of benzene rings is 1. The van der Waals surface area contributed by atoms with Gasteiger partial charge in [-0.2, -0.15) is 0 Å². The smallest absolute Gasteiger partial charge is 0.156 e. The Labute approximate surface area is 161 Å². The molecule has 0 saturated carbocycles. The second-order valence-corrected chi connectivity index (χ2v) is 7.46. The number of aromatic hydroxyl groups is 1. The van der Waals surface area contributed by atoms with Crippen LogP contribution in [0.1, 0.15) is 83.1 Å². The first-order chi connectivity index (χ1) is 12.7. The minimum atomic E-state index is -0.0831. The van der Waals surface area contributed by atoms with Crippen molar-refractivity contribution in [1.82, 2.24) is 0 Å². The van der Waals surface area contributed by atoms with E-state index in [1.165, 1.54) is 63.4 Å². The second kappa shape index (κ2) is 15.0. The predicted molar refractivity (Wildman–Crippen MR) is 110 cm³/mol. The normalized spacial score (nSPS) is 12.6. The van der Waals surface area contributed by atoms with Gasteiger partial charge in [0.1, 0.15) is 5.75 Å². The average molecular weight is 365 g/mol. The Hall–Kier alpha value is -1.06. The highest BCUT2D eigenvalue weighted by atomic mass is 16.7. The Morgan fingerprint density at radius 2 is 1.38 bits per heavy atom. The van der Waals surface area contributed by atoms with Crippen LogP contribution in [0.25, 0.3) is 0 Å². The fourth-order valence-corrected chi connectivity index (χ4v) is 3.56. The number of phenolic OH excluding ortho intramolecular Hbond substituents is 1. The molecule has 0 aliphatic heterocycles. The number of aryl methyl sites for hydroxylation is 1. The maximum atomic E-state index is 9.43. The van der Waals surface area contributed by atoms with Gasteiger partial charge in [-0.1, -0.05) is 70.4 Å². The number of ether oxygens (including phenoxy) is 2. The summed E-state index contributed by atoms with van der Waals surface area (Å²) in [5, 5.41) is 9.43. The molecule has 1 aromatic carbocycles. The van der Waals surface area contributed by atoms with Crippen molar-refractivity contribution in [2.45, 2.75) is 90.3 Å². The van der Waals surface area contributed by atoms with Crippen molar-refractivity contribution in [1.29, 1.82) is 0 Å². The van der Waals surface area contributed by atoms with Gasteiger partial charge in [-0.25, -0.2) is 0 Å². The Bertz CT molecular complexity index is 426. The van der Waals surface area contributed by atoms with Crippen LogP contribution in [0.4, 0.5) is 0 Å². The average Bonchev–Trinajstić information content (AvgIpc) is 2.66. The van der Waals surface area contributed by atoms with Gasteiger partial charge < -0.3 is 14.6 Å². The number of rotatable bonds is 16. The highest BCUT2D eigenvalue weighted by Crippen LogP contribution is 2.24. The molecular weight excluding hydrogens is 324 g/mol. The Morgan fingerprint density at radius 1 is 0.769 bits per heavy atom. The van der Waals surface area contributed by atoms with E-state index in [1.54, 1.807) is 26.4 Å². The molecule has 0 bridgehead atoms. The van der Waals surface area contributed by atoms with Gasteiger partial charge in [-0.3, -0.25) is 0 Å². The molecule has 150 valence electrons. The van der Waals surface area contributed by atoms with Crippen LogP contribution < -0.4 is 0 Å². The monoisotopic (exact) mass is 364 g/mol. The molecule has 1 aromatic rings. The maximum absolute atomic E-state index is 9.43. The molecule has 0 heterocycles. The lowest BCUT2D eigenvalue weighted by atomic mass is 9.90. The number of unbranched alkanes of at least 4 members (excludes halogenated alkanes) is 6. The van der Waals surface area contributed by atoms with E-state index in [1.807, 2.05) is 12.1 Å². The molecule has 1 N–H and O–H groups in total. The van der Waals surface area contributed by atoms with Crippen molar-refractivity contribution in [3.05, 3.63) is 29.8 Å². The van der Waals surface area contributed by atoms with Crippen LogP contribution in [0, 0.1) is 5.92 Å². The highest BCUT2D eigenvalue weighted by molar-refractivity contribution is 5.25. The summed E-state index contributed by atoms with van der Waals surface area (Å²) in [6, 6.07) is 7.64. The molecule has 1 unspecified atom stereocenters. The zero-order valence-electron chi connectivity index (χ0n) is 17.2. The maximum Gasteiger partial charge on any atom is 0.156 e. The minimum Gasteiger partial charge on any atom is -0.508 e. The van der Waals surface area contributed by atoms with Gasteiger partial charge >= 0.3 is 0 Å². The number of phenols is 1. The summed E-state index contributed by atoms with van der Waals surface area (Å²) >= 11 is 0. The fraction of sp³-hybridized carbons (Fsp3) is 0.739. The van der Waals surface area contributed by atoms with Gasteiger partial charge in [-0.15, -0.1) is 0 Å². The third kappa shape index (κ3) is 10.8. The van der Waals surface area contributed by atoms with Crippen LogP contribution >= 0.6 is 0 Å². The van der Waals surface area contributed by atoms with Crippen molar-refractivity contribution in [2.75, 3.05) is 14.2 Å². The SMILES string of the molecule is CCCCCCCCCC(CCc1ccc(O)cc1)CCC(OC)OC. The van der Waals surface area contributed by atoms with Crippen molar-refractivity contribution >= 4 is 0 Å². The lowest BCUT2D eigenvalue weighted by Gasteiger charge is -2.20. The summed E-state index contributed by atoms with van der Waals surface area (Å²) in [4.78, 5) is 0. The summed E-state index contributed by atoms with van der Waals surface area (Å²) in [5.74, 6) is 1.06. The summed E-state index contributed by atoms with van der Waals surface area (Å²) in [6.07, 6.45) is 15.1. The van der Waals surface area contributed by atoms with E-state index >= 15 is 0 Å². The third-order valence-corrected chi connectivity index (χ3v) is 5.33. The summed E-state index contributed by atoms with van der Waals surface area (Å²) in [5.41, 5.74) is 1.31. The van der Waals surface area contributed by atoms with Crippen molar-refractivity contribution < 1.29 is 14.6 Å². The first-order valence-electron chi connectivity index (χ1n) is 10.5. The van der Waals surface area contributed by atoms with E-state index in [2.05, 4.69) is 6.92 Å². The van der Waals surface area contributed by atoms with Gasteiger partial charge in [0.15, 0.2) is 6.29 Å². The number of hydrogen-bond donors (Lipinski definition) is 1. The van der Waals surface area contributed by atoms with E-state index in [-0.39, 0.29) is 6.29 Å². The van der Waals surface area contributed by atoms with Crippen molar-refractivity contribution in [3.8, 4) is 5.75 Å². The standard InChI is InChI=1S/C23H40O3/c1-4-5-6-7-8-9-10-11-20(16-19-23(25-2)26-3)12-13-21-14-17-22(24)18-15-21/h14-15,17-18,20,23-24H,4-13,16,19H2,1-3H3. The van der Waals surface area contributed by atoms with E-state index in [0.29, 0.717) is 11.7 Å². The van der Waals surface area contributed by atoms with Gasteiger partial charge in [-0.05, 0) is 49.3 Å². The summed E-state index contributed by atoms with van der Waals surface area (Å²) < 4.78 is 10.7. The molecule has 0 fully saturated rings.